The van der Waals surface area contributed by atoms with Crippen LogP contribution < -0.4 is 16.0 Å². The van der Waals surface area contributed by atoms with Gasteiger partial charge in [-0.15, -0.1) is 0 Å². The Balaban J connectivity index is 1.88. The van der Waals surface area contributed by atoms with Gasteiger partial charge in [0.05, 0.1) is 29.3 Å². The number of unbranched alkanes of at least 4 members (excludes halogenated alkanes) is 1. The summed E-state index contributed by atoms with van der Waals surface area (Å²) in [6, 6.07) is 5.70. The van der Waals surface area contributed by atoms with Gasteiger partial charge in [0, 0.05) is 24.5 Å². The third-order valence-corrected chi connectivity index (χ3v) is 5.00. The first kappa shape index (κ1) is 23.5. The van der Waals surface area contributed by atoms with Crippen LogP contribution in [-0.4, -0.2) is 43.0 Å². The van der Waals surface area contributed by atoms with E-state index in [4.69, 9.17) is 5.11 Å². The molecule has 10 nitrogen and oxygen atoms in total. The highest BCUT2D eigenvalue weighted by atomic mass is 19.1. The van der Waals surface area contributed by atoms with Gasteiger partial charge in [0.25, 0.3) is 0 Å². The molecule has 33 heavy (non-hydrogen) atoms. The normalized spacial score (nSPS) is 12.4. The lowest BCUT2D eigenvalue weighted by atomic mass is 10.0. The molecule has 0 saturated heterocycles. The van der Waals surface area contributed by atoms with Gasteiger partial charge in [0.1, 0.15) is 6.07 Å². The minimum atomic E-state index is -1.16. The number of rotatable bonds is 10. The molecular formula is C22H25FN8O2. The van der Waals surface area contributed by atoms with Crippen LogP contribution in [0.1, 0.15) is 38.7 Å². The van der Waals surface area contributed by atoms with Crippen LogP contribution in [-0.2, 0) is 0 Å². The molecule has 0 fully saturated rings. The molecule has 1 amide bonds. The lowest BCUT2D eigenvalue weighted by Crippen LogP contribution is -2.44. The number of nitrogens with one attached hydrogen (secondary N) is 3. The van der Waals surface area contributed by atoms with E-state index in [-0.39, 0.29) is 17.2 Å². The summed E-state index contributed by atoms with van der Waals surface area (Å²) < 4.78 is 16.4. The zero-order valence-corrected chi connectivity index (χ0v) is 18.3. The molecular weight excluding hydrogens is 427 g/mol. The molecule has 3 heterocycles. The minimum absolute atomic E-state index is 0.0179. The molecule has 3 aromatic heterocycles. The quantitative estimate of drug-likeness (QED) is 0.361. The standard InChI is InChI=1S/C22H25FN8O2/c1-3-4-6-19(14(2)27-22(32)33)29-21-18(23)9-15(11-24)20(30-21)28-16-10-17(13-25-12-16)31-8-5-7-26-31/h5,7-10,12-14,19,27H,3-4,6H2,1-2H3,(H,32,33)(H2,28,29,30)/t14-,19+/m0/s1. The van der Waals surface area contributed by atoms with Gasteiger partial charge in [-0.25, -0.2) is 18.9 Å². The van der Waals surface area contributed by atoms with Gasteiger partial charge in [0.2, 0.25) is 0 Å². The molecule has 11 heteroatoms. The Morgan fingerprint density at radius 3 is 2.82 bits per heavy atom. The Morgan fingerprint density at radius 2 is 2.15 bits per heavy atom. The SMILES string of the molecule is CCCC[C@@H](Nc1nc(Nc2cncc(-n3cccn3)c2)c(C#N)cc1F)[C@H](C)NC(=O)O. The van der Waals surface area contributed by atoms with Crippen LogP contribution in [0.3, 0.4) is 0 Å². The fraction of sp³-hybridized carbons (Fsp3) is 0.318. The average molecular weight is 452 g/mol. The lowest BCUT2D eigenvalue weighted by Gasteiger charge is -2.26. The second kappa shape index (κ2) is 10.9. The highest BCUT2D eigenvalue weighted by molar-refractivity contribution is 5.66. The predicted octanol–water partition coefficient (Wildman–Crippen LogP) is 4.04. The summed E-state index contributed by atoms with van der Waals surface area (Å²) in [5, 5.41) is 31.1. The van der Waals surface area contributed by atoms with Crippen LogP contribution in [0.4, 0.5) is 26.5 Å². The third kappa shape index (κ3) is 6.16. The maximum Gasteiger partial charge on any atom is 0.404 e. The van der Waals surface area contributed by atoms with Crippen molar-refractivity contribution in [1.29, 1.82) is 5.26 Å². The number of carboxylic acid groups (broad SMARTS) is 1. The summed E-state index contributed by atoms with van der Waals surface area (Å²) in [7, 11) is 0. The number of aromatic nitrogens is 4. The molecule has 3 aromatic rings. The van der Waals surface area contributed by atoms with E-state index >= 15 is 0 Å². The Morgan fingerprint density at radius 1 is 1.33 bits per heavy atom. The Labute approximate surface area is 190 Å². The third-order valence-electron chi connectivity index (χ3n) is 5.00. The smallest absolute Gasteiger partial charge is 0.404 e. The summed E-state index contributed by atoms with van der Waals surface area (Å²) in [4.78, 5) is 19.5. The van der Waals surface area contributed by atoms with Gasteiger partial charge < -0.3 is 21.1 Å². The van der Waals surface area contributed by atoms with Crippen molar-refractivity contribution in [1.82, 2.24) is 25.1 Å². The summed E-state index contributed by atoms with van der Waals surface area (Å²) in [6.07, 6.45) is 7.75. The van der Waals surface area contributed by atoms with Crippen LogP contribution in [0.25, 0.3) is 5.69 Å². The van der Waals surface area contributed by atoms with Gasteiger partial charge in [-0.05, 0) is 31.5 Å². The highest BCUT2D eigenvalue weighted by Crippen LogP contribution is 2.25. The summed E-state index contributed by atoms with van der Waals surface area (Å²) in [5.74, 6) is -0.633. The number of nitriles is 1. The zero-order chi connectivity index (χ0) is 23.8. The minimum Gasteiger partial charge on any atom is -0.465 e. The molecule has 3 rings (SSSR count). The maximum atomic E-state index is 14.7. The fourth-order valence-corrected chi connectivity index (χ4v) is 3.29. The van der Waals surface area contributed by atoms with E-state index in [0.29, 0.717) is 17.8 Å². The molecule has 0 saturated carbocycles. The van der Waals surface area contributed by atoms with Crippen molar-refractivity contribution < 1.29 is 14.3 Å². The number of halogens is 1. The second-order valence-corrected chi connectivity index (χ2v) is 7.47. The van der Waals surface area contributed by atoms with Crippen molar-refractivity contribution >= 4 is 23.4 Å². The molecule has 0 aromatic carbocycles. The Kier molecular flexibility index (Phi) is 7.75. The zero-order valence-electron chi connectivity index (χ0n) is 18.3. The number of pyridine rings is 2. The molecule has 0 bridgehead atoms. The molecule has 0 aliphatic heterocycles. The van der Waals surface area contributed by atoms with Gasteiger partial charge >= 0.3 is 6.09 Å². The molecule has 2 atom stereocenters. The largest absolute Gasteiger partial charge is 0.465 e. The lowest BCUT2D eigenvalue weighted by molar-refractivity contribution is 0.189. The molecule has 0 aliphatic rings. The van der Waals surface area contributed by atoms with E-state index in [9.17, 15) is 14.4 Å². The van der Waals surface area contributed by atoms with Crippen LogP contribution in [0, 0.1) is 17.1 Å². The molecule has 4 N–H and O–H groups in total. The van der Waals surface area contributed by atoms with Crippen LogP contribution >= 0.6 is 0 Å². The second-order valence-electron chi connectivity index (χ2n) is 7.47. The predicted molar refractivity (Wildman–Crippen MR) is 121 cm³/mol. The number of nitrogens with zero attached hydrogens (tertiary/aromatic N) is 5. The average Bonchev–Trinajstić information content (AvgIpc) is 3.33. The summed E-state index contributed by atoms with van der Waals surface area (Å²) >= 11 is 0. The van der Waals surface area contributed by atoms with Gasteiger partial charge in [-0.2, -0.15) is 10.4 Å². The van der Waals surface area contributed by atoms with Gasteiger partial charge in [0.15, 0.2) is 17.5 Å². The number of anilines is 3. The van der Waals surface area contributed by atoms with E-state index in [2.05, 4.69) is 31.0 Å². The van der Waals surface area contributed by atoms with Gasteiger partial charge in [-0.3, -0.25) is 4.98 Å². The van der Waals surface area contributed by atoms with E-state index in [1.54, 1.807) is 48.5 Å². The van der Waals surface area contributed by atoms with Crippen molar-refractivity contribution in [3.05, 3.63) is 54.4 Å². The van der Waals surface area contributed by atoms with E-state index in [1.165, 1.54) is 0 Å². The topological polar surface area (TPSA) is 141 Å². The van der Waals surface area contributed by atoms with E-state index in [1.807, 2.05) is 13.0 Å². The van der Waals surface area contributed by atoms with Gasteiger partial charge in [-0.1, -0.05) is 19.8 Å². The molecule has 0 radical (unpaired) electrons. The first-order chi connectivity index (χ1) is 15.9. The molecule has 0 unspecified atom stereocenters. The van der Waals surface area contributed by atoms with Crippen molar-refractivity contribution in [2.45, 2.75) is 45.2 Å². The Hall–Kier alpha value is -4.20. The fourth-order valence-electron chi connectivity index (χ4n) is 3.29. The number of hydrogen-bond donors (Lipinski definition) is 4. The molecule has 0 aliphatic carbocycles. The summed E-state index contributed by atoms with van der Waals surface area (Å²) in [5.41, 5.74) is 1.24. The Bertz CT molecular complexity index is 1130. The van der Waals surface area contributed by atoms with E-state index in [0.717, 1.165) is 18.9 Å². The highest BCUT2D eigenvalue weighted by Gasteiger charge is 2.22. The van der Waals surface area contributed by atoms with Crippen molar-refractivity contribution in [3.8, 4) is 11.8 Å². The number of carbonyl (C=O) groups is 1. The maximum absolute atomic E-state index is 14.7. The van der Waals surface area contributed by atoms with Crippen LogP contribution in [0.5, 0.6) is 0 Å². The van der Waals surface area contributed by atoms with Crippen molar-refractivity contribution in [2.24, 2.45) is 0 Å². The van der Waals surface area contributed by atoms with Crippen molar-refractivity contribution in [2.75, 3.05) is 10.6 Å². The molecule has 0 spiro atoms. The monoisotopic (exact) mass is 452 g/mol. The molecule has 172 valence electrons. The summed E-state index contributed by atoms with van der Waals surface area (Å²) in [6.45, 7) is 3.72. The van der Waals surface area contributed by atoms with Crippen LogP contribution in [0.15, 0.2) is 43.0 Å². The van der Waals surface area contributed by atoms with E-state index < -0.39 is 24.0 Å². The van der Waals surface area contributed by atoms with Crippen LogP contribution in [0.2, 0.25) is 0 Å². The number of hydrogen-bond acceptors (Lipinski definition) is 7. The number of amides is 1. The first-order valence-electron chi connectivity index (χ1n) is 10.5. The van der Waals surface area contributed by atoms with Crippen molar-refractivity contribution in [3.63, 3.8) is 0 Å². The first-order valence-corrected chi connectivity index (χ1v) is 10.5.